The molecule has 2 unspecified atom stereocenters. The number of aryl methyl sites for hydroxylation is 1. The summed E-state index contributed by atoms with van der Waals surface area (Å²) in [6.07, 6.45) is 1.92. The van der Waals surface area contributed by atoms with Crippen LogP contribution in [0.5, 0.6) is 0 Å². The molecule has 0 fully saturated rings. The Bertz CT molecular complexity index is 686. The van der Waals surface area contributed by atoms with Crippen LogP contribution in [0.25, 0.3) is 5.52 Å². The van der Waals surface area contributed by atoms with Crippen LogP contribution in [0, 0.1) is 18.8 Å². The molecular formula is C14H16N4O. The number of amides is 1. The van der Waals surface area contributed by atoms with Crippen LogP contribution < -0.4 is 5.43 Å². The summed E-state index contributed by atoms with van der Waals surface area (Å²) >= 11 is 0. The zero-order valence-electron chi connectivity index (χ0n) is 11.2. The van der Waals surface area contributed by atoms with Crippen molar-refractivity contribution >= 4 is 17.1 Å². The number of hydrogen-bond acceptors (Lipinski definition) is 3. The molecule has 2 aromatic heterocycles. The Morgan fingerprint density at radius 2 is 2.05 bits per heavy atom. The quantitative estimate of drug-likeness (QED) is 0.845. The fourth-order valence-corrected chi connectivity index (χ4v) is 2.50. The summed E-state index contributed by atoms with van der Waals surface area (Å²) in [4.78, 5) is 11.6. The number of carbonyl (C=O) groups excluding carboxylic acids is 1. The summed E-state index contributed by atoms with van der Waals surface area (Å²) in [5.74, 6) is -0.0170. The van der Waals surface area contributed by atoms with Crippen molar-refractivity contribution in [2.45, 2.75) is 20.8 Å². The third kappa shape index (κ3) is 1.73. The average molecular weight is 256 g/mol. The summed E-state index contributed by atoms with van der Waals surface area (Å²) in [6.45, 7) is 5.93. The van der Waals surface area contributed by atoms with Gasteiger partial charge in [0, 0.05) is 23.6 Å². The maximum absolute atomic E-state index is 11.6. The standard InChI is InChI=1S/C14H16N4O/c1-8-9(2)14(19)16-15-13(8)12-10(3)17-18-7-5-4-6-11(12)18/h4-9H,1-3H3,(H,16,19). The van der Waals surface area contributed by atoms with Gasteiger partial charge in [-0.3, -0.25) is 4.79 Å². The number of pyridine rings is 1. The summed E-state index contributed by atoms with van der Waals surface area (Å²) < 4.78 is 1.85. The first-order valence-corrected chi connectivity index (χ1v) is 6.41. The van der Waals surface area contributed by atoms with Crippen LogP contribution in [0.15, 0.2) is 29.5 Å². The third-order valence-electron chi connectivity index (χ3n) is 3.85. The van der Waals surface area contributed by atoms with E-state index in [0.717, 1.165) is 22.5 Å². The van der Waals surface area contributed by atoms with Gasteiger partial charge in [0.2, 0.25) is 5.91 Å². The lowest BCUT2D eigenvalue weighted by Gasteiger charge is -2.25. The van der Waals surface area contributed by atoms with E-state index < -0.39 is 0 Å². The topological polar surface area (TPSA) is 58.8 Å². The molecule has 1 N–H and O–H groups in total. The average Bonchev–Trinajstić information content (AvgIpc) is 2.73. The van der Waals surface area contributed by atoms with Gasteiger partial charge in [-0.15, -0.1) is 0 Å². The molecule has 5 nitrogen and oxygen atoms in total. The molecule has 5 heteroatoms. The number of rotatable bonds is 1. The van der Waals surface area contributed by atoms with Crippen molar-refractivity contribution in [2.24, 2.45) is 16.9 Å². The van der Waals surface area contributed by atoms with Crippen LogP contribution in [0.3, 0.4) is 0 Å². The van der Waals surface area contributed by atoms with Gasteiger partial charge < -0.3 is 0 Å². The molecular weight excluding hydrogens is 240 g/mol. The molecule has 19 heavy (non-hydrogen) atoms. The van der Waals surface area contributed by atoms with E-state index in [1.807, 2.05) is 49.7 Å². The van der Waals surface area contributed by atoms with Crippen molar-refractivity contribution in [3.8, 4) is 0 Å². The predicted molar refractivity (Wildman–Crippen MR) is 72.9 cm³/mol. The lowest BCUT2D eigenvalue weighted by Crippen LogP contribution is -2.39. The smallest absolute Gasteiger partial charge is 0.243 e. The van der Waals surface area contributed by atoms with Gasteiger partial charge in [0.25, 0.3) is 0 Å². The number of fused-ring (bicyclic) bond motifs is 1. The van der Waals surface area contributed by atoms with Gasteiger partial charge in [-0.25, -0.2) is 9.94 Å². The highest BCUT2D eigenvalue weighted by molar-refractivity contribution is 6.11. The fourth-order valence-electron chi connectivity index (χ4n) is 2.50. The number of hydrazone groups is 1. The van der Waals surface area contributed by atoms with Gasteiger partial charge in [0.05, 0.1) is 16.9 Å². The number of aromatic nitrogens is 2. The second-order valence-corrected chi connectivity index (χ2v) is 5.04. The number of nitrogens with zero attached hydrogens (tertiary/aromatic N) is 3. The van der Waals surface area contributed by atoms with Crippen LogP contribution in [0.1, 0.15) is 25.1 Å². The third-order valence-corrected chi connectivity index (χ3v) is 3.85. The lowest BCUT2D eigenvalue weighted by molar-refractivity contribution is -0.125. The van der Waals surface area contributed by atoms with E-state index in [-0.39, 0.29) is 17.7 Å². The lowest BCUT2D eigenvalue weighted by atomic mass is 9.85. The van der Waals surface area contributed by atoms with Crippen molar-refractivity contribution in [3.05, 3.63) is 35.7 Å². The Morgan fingerprint density at radius 1 is 1.26 bits per heavy atom. The Morgan fingerprint density at radius 3 is 2.84 bits per heavy atom. The first kappa shape index (κ1) is 11.9. The predicted octanol–water partition coefficient (Wildman–Crippen LogP) is 1.75. The molecule has 1 amide bonds. The molecule has 0 aliphatic carbocycles. The van der Waals surface area contributed by atoms with E-state index in [1.165, 1.54) is 0 Å². The molecule has 0 saturated heterocycles. The van der Waals surface area contributed by atoms with Crippen molar-refractivity contribution in [1.82, 2.24) is 15.0 Å². The second-order valence-electron chi connectivity index (χ2n) is 5.04. The van der Waals surface area contributed by atoms with Crippen LogP contribution in [0.2, 0.25) is 0 Å². The molecule has 3 rings (SSSR count). The van der Waals surface area contributed by atoms with Crippen molar-refractivity contribution in [1.29, 1.82) is 0 Å². The summed E-state index contributed by atoms with van der Waals surface area (Å²) in [5.41, 5.74) is 6.49. The monoisotopic (exact) mass is 256 g/mol. The van der Waals surface area contributed by atoms with Gasteiger partial charge in [0.15, 0.2) is 0 Å². The molecule has 98 valence electrons. The van der Waals surface area contributed by atoms with Gasteiger partial charge in [-0.2, -0.15) is 10.2 Å². The fraction of sp³-hybridized carbons (Fsp3) is 0.357. The van der Waals surface area contributed by atoms with Crippen molar-refractivity contribution in [3.63, 3.8) is 0 Å². The molecule has 0 radical (unpaired) electrons. The van der Waals surface area contributed by atoms with Gasteiger partial charge in [-0.05, 0) is 19.1 Å². The summed E-state index contributed by atoms with van der Waals surface area (Å²) in [7, 11) is 0. The minimum atomic E-state index is -0.0782. The number of carbonyl (C=O) groups is 1. The van der Waals surface area contributed by atoms with Crippen molar-refractivity contribution in [2.75, 3.05) is 0 Å². The first-order valence-electron chi connectivity index (χ1n) is 6.41. The summed E-state index contributed by atoms with van der Waals surface area (Å²) in [5, 5.41) is 8.75. The molecule has 0 saturated carbocycles. The zero-order chi connectivity index (χ0) is 13.6. The Labute approximate surface area is 111 Å². The molecule has 0 aromatic carbocycles. The molecule has 2 atom stereocenters. The molecule has 1 aliphatic rings. The minimum Gasteiger partial charge on any atom is -0.273 e. The van der Waals surface area contributed by atoms with E-state index in [2.05, 4.69) is 15.6 Å². The highest BCUT2D eigenvalue weighted by atomic mass is 16.2. The highest BCUT2D eigenvalue weighted by Crippen LogP contribution is 2.26. The van der Waals surface area contributed by atoms with Crippen LogP contribution >= 0.6 is 0 Å². The first-order chi connectivity index (χ1) is 9.09. The van der Waals surface area contributed by atoms with E-state index in [0.29, 0.717) is 0 Å². The largest absolute Gasteiger partial charge is 0.273 e. The van der Waals surface area contributed by atoms with Crippen LogP contribution in [-0.4, -0.2) is 21.2 Å². The molecule has 1 aliphatic heterocycles. The number of nitrogens with one attached hydrogen (secondary N) is 1. The van der Waals surface area contributed by atoms with Crippen molar-refractivity contribution < 1.29 is 4.79 Å². The zero-order valence-corrected chi connectivity index (χ0v) is 11.2. The van der Waals surface area contributed by atoms with Gasteiger partial charge in [0.1, 0.15) is 0 Å². The Hall–Kier alpha value is -2.17. The minimum absolute atomic E-state index is 0.0228. The highest BCUT2D eigenvalue weighted by Gasteiger charge is 2.31. The normalized spacial score (nSPS) is 23.3. The van der Waals surface area contributed by atoms with E-state index in [4.69, 9.17) is 0 Å². The van der Waals surface area contributed by atoms with Gasteiger partial charge >= 0.3 is 0 Å². The van der Waals surface area contributed by atoms with Crippen LogP contribution in [-0.2, 0) is 4.79 Å². The maximum atomic E-state index is 11.6. The molecule has 0 spiro atoms. The maximum Gasteiger partial charge on any atom is 0.243 e. The molecule has 0 bridgehead atoms. The summed E-state index contributed by atoms with van der Waals surface area (Å²) in [6, 6.07) is 5.95. The van der Waals surface area contributed by atoms with E-state index in [1.54, 1.807) is 0 Å². The van der Waals surface area contributed by atoms with E-state index >= 15 is 0 Å². The second kappa shape index (κ2) is 4.19. The number of hydrogen-bond donors (Lipinski definition) is 1. The molecule has 3 heterocycles. The SMILES string of the molecule is Cc1nn2ccccc2c1C1=NNC(=O)C(C)C1C. The van der Waals surface area contributed by atoms with E-state index in [9.17, 15) is 4.79 Å². The van der Waals surface area contributed by atoms with Crippen LogP contribution in [0.4, 0.5) is 0 Å². The Balaban J connectivity index is 2.20. The van der Waals surface area contributed by atoms with Gasteiger partial charge in [-0.1, -0.05) is 19.9 Å². The molecule has 2 aromatic rings. The Kier molecular flexibility index (Phi) is 2.62.